The number of ether oxygens (including phenoxy) is 1. The van der Waals surface area contributed by atoms with E-state index in [0.717, 1.165) is 26.2 Å². The predicted molar refractivity (Wildman–Crippen MR) is 126 cm³/mol. The van der Waals surface area contributed by atoms with Crippen LogP contribution < -0.4 is 10.2 Å². The number of hydrogen-bond donors (Lipinski definition) is 1. The number of aryl methyl sites for hydroxylation is 1. The molecule has 5 nitrogen and oxygen atoms in total. The maximum absolute atomic E-state index is 12.4. The van der Waals surface area contributed by atoms with E-state index in [0.29, 0.717) is 21.4 Å². The number of amides is 1. The van der Waals surface area contributed by atoms with Crippen molar-refractivity contribution in [3.63, 3.8) is 0 Å². The van der Waals surface area contributed by atoms with E-state index in [2.05, 4.69) is 33.1 Å². The van der Waals surface area contributed by atoms with Crippen molar-refractivity contribution in [3.8, 4) is 11.4 Å². The molecule has 0 saturated carbocycles. The van der Waals surface area contributed by atoms with Gasteiger partial charge in [-0.05, 0) is 78.9 Å². The van der Waals surface area contributed by atoms with E-state index < -0.39 is 0 Å². The zero-order chi connectivity index (χ0) is 21.1. The standard InChI is InChI=1S/C21H18Cl2IN3O2/c1-12-8-15(13(2)27(12)19-7-5-16(22)10-17(19)23)11-25-26-21(28)14-4-6-18(24)20(9-14)29-3/h4-11H,1-3H3,(H,26,28)/b25-11-. The smallest absolute Gasteiger partial charge is 0.271 e. The molecule has 1 aromatic heterocycles. The second-order valence-corrected chi connectivity index (χ2v) is 8.31. The first kappa shape index (κ1) is 21.7. The van der Waals surface area contributed by atoms with Crippen LogP contribution in [0.15, 0.2) is 47.6 Å². The molecule has 3 aromatic rings. The Morgan fingerprint density at radius 2 is 1.93 bits per heavy atom. The van der Waals surface area contributed by atoms with Crippen LogP contribution in [0.5, 0.6) is 5.75 Å². The van der Waals surface area contributed by atoms with E-state index >= 15 is 0 Å². The molecule has 2 aromatic carbocycles. The molecule has 3 rings (SSSR count). The number of nitrogens with zero attached hydrogens (tertiary/aromatic N) is 2. The van der Waals surface area contributed by atoms with Crippen LogP contribution in [0.1, 0.15) is 27.3 Å². The summed E-state index contributed by atoms with van der Waals surface area (Å²) < 4.78 is 8.20. The largest absolute Gasteiger partial charge is 0.496 e. The number of aromatic nitrogens is 1. The van der Waals surface area contributed by atoms with Gasteiger partial charge in [0, 0.05) is 27.5 Å². The minimum absolute atomic E-state index is 0.314. The number of methoxy groups -OCH3 is 1. The summed E-state index contributed by atoms with van der Waals surface area (Å²) in [5.74, 6) is 0.330. The maximum Gasteiger partial charge on any atom is 0.271 e. The van der Waals surface area contributed by atoms with Gasteiger partial charge < -0.3 is 9.30 Å². The van der Waals surface area contributed by atoms with Gasteiger partial charge in [0.15, 0.2) is 0 Å². The molecule has 0 spiro atoms. The average molecular weight is 542 g/mol. The van der Waals surface area contributed by atoms with E-state index in [1.807, 2.05) is 36.6 Å². The zero-order valence-corrected chi connectivity index (χ0v) is 19.6. The normalized spacial score (nSPS) is 11.1. The Morgan fingerprint density at radius 1 is 1.17 bits per heavy atom. The molecule has 0 fully saturated rings. The summed E-state index contributed by atoms with van der Waals surface area (Å²) in [5, 5.41) is 5.25. The Morgan fingerprint density at radius 3 is 2.62 bits per heavy atom. The number of hydrazone groups is 1. The summed E-state index contributed by atoms with van der Waals surface area (Å²) in [6, 6.07) is 12.6. The number of hydrogen-bond acceptors (Lipinski definition) is 3. The number of carbonyl (C=O) groups excluding carboxylic acids is 1. The van der Waals surface area contributed by atoms with Crippen LogP contribution in [0, 0.1) is 17.4 Å². The summed E-state index contributed by atoms with van der Waals surface area (Å²) in [5.41, 5.74) is 6.66. The van der Waals surface area contributed by atoms with E-state index in [1.165, 1.54) is 0 Å². The van der Waals surface area contributed by atoms with Crippen molar-refractivity contribution < 1.29 is 9.53 Å². The molecule has 0 radical (unpaired) electrons. The molecule has 1 amide bonds. The van der Waals surface area contributed by atoms with Gasteiger partial charge in [-0.1, -0.05) is 23.2 Å². The monoisotopic (exact) mass is 541 g/mol. The van der Waals surface area contributed by atoms with Gasteiger partial charge in [-0.2, -0.15) is 5.10 Å². The molecule has 150 valence electrons. The molecule has 1 heterocycles. The third-order valence-electron chi connectivity index (χ3n) is 4.40. The number of nitrogens with one attached hydrogen (secondary N) is 1. The molecule has 0 atom stereocenters. The maximum atomic E-state index is 12.4. The van der Waals surface area contributed by atoms with Crippen molar-refractivity contribution >= 4 is 57.9 Å². The van der Waals surface area contributed by atoms with Crippen LogP contribution in [0.25, 0.3) is 5.69 Å². The van der Waals surface area contributed by atoms with Gasteiger partial charge in [-0.3, -0.25) is 4.79 Å². The number of carbonyl (C=O) groups is 1. The van der Waals surface area contributed by atoms with E-state index in [1.54, 1.807) is 37.6 Å². The Bertz CT molecular complexity index is 1110. The number of rotatable bonds is 5. The third kappa shape index (κ3) is 4.76. The lowest BCUT2D eigenvalue weighted by atomic mass is 10.2. The average Bonchev–Trinajstić information content (AvgIpc) is 2.96. The Balaban J connectivity index is 1.80. The lowest BCUT2D eigenvalue weighted by Crippen LogP contribution is -2.17. The fraction of sp³-hybridized carbons (Fsp3) is 0.143. The summed E-state index contributed by atoms with van der Waals surface area (Å²) in [6.45, 7) is 3.94. The van der Waals surface area contributed by atoms with Crippen LogP contribution in [-0.2, 0) is 0 Å². The molecule has 8 heteroatoms. The lowest BCUT2D eigenvalue weighted by Gasteiger charge is -2.11. The molecule has 0 aliphatic carbocycles. The van der Waals surface area contributed by atoms with Crippen molar-refractivity contribution in [2.75, 3.05) is 7.11 Å². The van der Waals surface area contributed by atoms with Gasteiger partial charge in [0.05, 0.1) is 27.6 Å². The third-order valence-corrected chi connectivity index (χ3v) is 5.83. The van der Waals surface area contributed by atoms with Gasteiger partial charge >= 0.3 is 0 Å². The van der Waals surface area contributed by atoms with E-state index in [9.17, 15) is 4.79 Å². The quantitative estimate of drug-likeness (QED) is 0.253. The zero-order valence-electron chi connectivity index (χ0n) is 16.0. The van der Waals surface area contributed by atoms with E-state index in [-0.39, 0.29) is 5.91 Å². The van der Waals surface area contributed by atoms with Crippen LogP contribution in [-0.4, -0.2) is 23.8 Å². The Kier molecular flexibility index (Phi) is 6.87. The summed E-state index contributed by atoms with van der Waals surface area (Å²) in [4.78, 5) is 12.4. The Labute approximate surface area is 192 Å². The van der Waals surface area contributed by atoms with Gasteiger partial charge in [0.2, 0.25) is 0 Å². The number of benzene rings is 2. The van der Waals surface area contributed by atoms with Crippen LogP contribution in [0.2, 0.25) is 10.0 Å². The molecule has 0 bridgehead atoms. The topological polar surface area (TPSA) is 55.6 Å². The molecule has 0 unspecified atom stereocenters. The van der Waals surface area contributed by atoms with Gasteiger partial charge in [-0.15, -0.1) is 0 Å². The fourth-order valence-corrected chi connectivity index (χ4v) is 4.03. The first-order valence-electron chi connectivity index (χ1n) is 8.63. The Hall–Kier alpha value is -2.03. The number of halogens is 3. The molecule has 0 saturated heterocycles. The summed E-state index contributed by atoms with van der Waals surface area (Å²) in [6.07, 6.45) is 1.62. The molecular weight excluding hydrogens is 524 g/mol. The first-order chi connectivity index (χ1) is 13.8. The molecule has 0 aliphatic rings. The van der Waals surface area contributed by atoms with Crippen LogP contribution in [0.4, 0.5) is 0 Å². The minimum atomic E-state index is -0.314. The minimum Gasteiger partial charge on any atom is -0.496 e. The fourth-order valence-electron chi connectivity index (χ4n) is 2.98. The van der Waals surface area contributed by atoms with Crippen LogP contribution >= 0.6 is 45.8 Å². The highest BCUT2D eigenvalue weighted by molar-refractivity contribution is 14.1. The highest BCUT2D eigenvalue weighted by Gasteiger charge is 2.13. The highest BCUT2D eigenvalue weighted by atomic mass is 127. The lowest BCUT2D eigenvalue weighted by molar-refractivity contribution is 0.0954. The summed E-state index contributed by atoms with van der Waals surface area (Å²) >= 11 is 14.5. The highest BCUT2D eigenvalue weighted by Crippen LogP contribution is 2.28. The van der Waals surface area contributed by atoms with Gasteiger partial charge in [0.25, 0.3) is 5.91 Å². The van der Waals surface area contributed by atoms with Gasteiger partial charge in [-0.25, -0.2) is 5.43 Å². The summed E-state index contributed by atoms with van der Waals surface area (Å²) in [7, 11) is 1.57. The SMILES string of the molecule is COc1cc(C(=O)N/N=C\c2cc(C)n(-c3ccc(Cl)cc3Cl)c2C)ccc1I. The molecule has 0 aliphatic heterocycles. The van der Waals surface area contributed by atoms with Crippen LogP contribution in [0.3, 0.4) is 0 Å². The van der Waals surface area contributed by atoms with Crippen molar-refractivity contribution in [2.45, 2.75) is 13.8 Å². The second-order valence-electron chi connectivity index (χ2n) is 6.31. The van der Waals surface area contributed by atoms with Gasteiger partial charge in [0.1, 0.15) is 5.75 Å². The predicted octanol–water partition coefficient (Wildman–Crippen LogP) is 5.78. The first-order valence-corrected chi connectivity index (χ1v) is 10.5. The van der Waals surface area contributed by atoms with Crippen molar-refractivity contribution in [3.05, 3.63) is 78.6 Å². The molecule has 29 heavy (non-hydrogen) atoms. The van der Waals surface area contributed by atoms with Crippen molar-refractivity contribution in [2.24, 2.45) is 5.10 Å². The molecular formula is C21H18Cl2IN3O2. The molecule has 1 N–H and O–H groups in total. The van der Waals surface area contributed by atoms with Crippen molar-refractivity contribution in [1.29, 1.82) is 0 Å². The van der Waals surface area contributed by atoms with E-state index in [4.69, 9.17) is 27.9 Å². The van der Waals surface area contributed by atoms with Crippen molar-refractivity contribution in [1.82, 2.24) is 9.99 Å². The second kappa shape index (κ2) is 9.19.